The highest BCUT2D eigenvalue weighted by Crippen LogP contribution is 2.40. The van der Waals surface area contributed by atoms with Gasteiger partial charge in [0.2, 0.25) is 0 Å². The van der Waals surface area contributed by atoms with Crippen LogP contribution in [0.4, 0.5) is 13.2 Å². The molecule has 4 heterocycles. The summed E-state index contributed by atoms with van der Waals surface area (Å²) in [6, 6.07) is 9.91. The maximum atomic E-state index is 13.1. The first-order chi connectivity index (χ1) is 16.6. The maximum absolute atomic E-state index is 13.1. The quantitative estimate of drug-likeness (QED) is 0.626. The molecule has 5 rings (SSSR count). The van der Waals surface area contributed by atoms with Crippen LogP contribution in [0.5, 0.6) is 0 Å². The van der Waals surface area contributed by atoms with Crippen molar-refractivity contribution in [3.63, 3.8) is 0 Å². The summed E-state index contributed by atoms with van der Waals surface area (Å²) in [7, 11) is 0. The van der Waals surface area contributed by atoms with Gasteiger partial charge in [-0.3, -0.25) is 9.69 Å². The molecule has 2 aromatic rings. The largest absolute Gasteiger partial charge is 0.401 e. The van der Waals surface area contributed by atoms with Crippen LogP contribution in [0.25, 0.3) is 0 Å². The molecular weight excluding hydrogens is 455 g/mol. The summed E-state index contributed by atoms with van der Waals surface area (Å²) in [5, 5.41) is 0. The summed E-state index contributed by atoms with van der Waals surface area (Å²) >= 11 is 0. The molecule has 2 fully saturated rings. The summed E-state index contributed by atoms with van der Waals surface area (Å²) in [5.74, 6) is 0.268. The molecule has 0 spiro atoms. The number of benzene rings is 1. The Balaban J connectivity index is 1.22. The van der Waals surface area contributed by atoms with Crippen molar-refractivity contribution in [1.82, 2.24) is 24.7 Å². The third-order valence-electron chi connectivity index (χ3n) is 7.59. The first kappa shape index (κ1) is 23.8. The molecule has 1 unspecified atom stereocenters. The highest BCUT2D eigenvalue weighted by Gasteiger charge is 2.48. The first-order valence-electron chi connectivity index (χ1n) is 12.0. The van der Waals surface area contributed by atoms with Crippen molar-refractivity contribution in [1.29, 1.82) is 0 Å². The van der Waals surface area contributed by atoms with Gasteiger partial charge in [0.05, 0.1) is 23.5 Å². The molecule has 186 valence electrons. The fourth-order valence-corrected chi connectivity index (χ4v) is 5.87. The SMILES string of the molecule is Cc1ncnc(C)c1C(=O)N1CC2=CN(CCC3(c4ccccc4)CN(CC(F)(F)F)C3)CC2C1. The van der Waals surface area contributed by atoms with Crippen molar-refractivity contribution in [3.8, 4) is 0 Å². The first-order valence-corrected chi connectivity index (χ1v) is 12.0. The molecule has 35 heavy (non-hydrogen) atoms. The average Bonchev–Trinajstić information content (AvgIpc) is 3.34. The number of fused-ring (bicyclic) bond motifs is 1. The van der Waals surface area contributed by atoms with Gasteiger partial charge in [-0.25, -0.2) is 9.97 Å². The highest BCUT2D eigenvalue weighted by molar-refractivity contribution is 5.96. The van der Waals surface area contributed by atoms with Crippen molar-refractivity contribution in [2.45, 2.75) is 31.9 Å². The van der Waals surface area contributed by atoms with Gasteiger partial charge in [0.15, 0.2) is 0 Å². The molecular formula is C26H30F3N5O. The predicted octanol–water partition coefficient (Wildman–Crippen LogP) is 3.57. The van der Waals surface area contributed by atoms with Crippen LogP contribution < -0.4 is 0 Å². The molecule has 3 aliphatic rings. The summed E-state index contributed by atoms with van der Waals surface area (Å²) < 4.78 is 38.7. The van der Waals surface area contributed by atoms with Crippen molar-refractivity contribution in [2.24, 2.45) is 5.92 Å². The molecule has 0 bridgehead atoms. The van der Waals surface area contributed by atoms with E-state index in [1.54, 1.807) is 0 Å². The van der Waals surface area contributed by atoms with Crippen LogP contribution in [0.2, 0.25) is 0 Å². The van der Waals surface area contributed by atoms with E-state index < -0.39 is 12.7 Å². The smallest absolute Gasteiger partial charge is 0.377 e. The molecule has 0 saturated carbocycles. The second kappa shape index (κ2) is 8.93. The molecule has 2 saturated heterocycles. The number of carbonyl (C=O) groups is 1. The fraction of sp³-hybridized carbons (Fsp3) is 0.500. The van der Waals surface area contributed by atoms with Crippen LogP contribution in [0, 0.1) is 19.8 Å². The lowest BCUT2D eigenvalue weighted by molar-refractivity contribution is -0.162. The number of aryl methyl sites for hydroxylation is 2. The van der Waals surface area contributed by atoms with Gasteiger partial charge < -0.3 is 9.80 Å². The van der Waals surface area contributed by atoms with Gasteiger partial charge in [0.1, 0.15) is 6.33 Å². The van der Waals surface area contributed by atoms with E-state index >= 15 is 0 Å². The van der Waals surface area contributed by atoms with Gasteiger partial charge in [0.25, 0.3) is 5.91 Å². The van der Waals surface area contributed by atoms with Crippen LogP contribution >= 0.6 is 0 Å². The second-order valence-electron chi connectivity index (χ2n) is 10.2. The lowest BCUT2D eigenvalue weighted by Crippen LogP contribution is -2.61. The van der Waals surface area contributed by atoms with Crippen molar-refractivity contribution in [3.05, 3.63) is 70.9 Å². The number of rotatable bonds is 6. The Hall–Kier alpha value is -2.94. The minimum Gasteiger partial charge on any atom is -0.377 e. The molecule has 9 heteroatoms. The Morgan fingerprint density at radius 3 is 2.40 bits per heavy atom. The Bertz CT molecular complexity index is 1110. The molecule has 1 atom stereocenters. The molecule has 0 radical (unpaired) electrons. The van der Waals surface area contributed by atoms with E-state index in [0.29, 0.717) is 49.0 Å². The number of hydrogen-bond donors (Lipinski definition) is 0. The van der Waals surface area contributed by atoms with E-state index in [9.17, 15) is 18.0 Å². The second-order valence-corrected chi connectivity index (χ2v) is 10.2. The van der Waals surface area contributed by atoms with Crippen LogP contribution in [0.15, 0.2) is 48.4 Å². The summed E-state index contributed by atoms with van der Waals surface area (Å²) in [4.78, 5) is 27.1. The van der Waals surface area contributed by atoms with E-state index in [2.05, 4.69) is 21.1 Å². The maximum Gasteiger partial charge on any atom is 0.401 e. The van der Waals surface area contributed by atoms with E-state index in [1.807, 2.05) is 49.1 Å². The highest BCUT2D eigenvalue weighted by atomic mass is 19.4. The van der Waals surface area contributed by atoms with Gasteiger partial charge >= 0.3 is 6.18 Å². The minimum absolute atomic E-state index is 0.0234. The average molecular weight is 486 g/mol. The zero-order chi connectivity index (χ0) is 24.8. The number of halogens is 3. The third-order valence-corrected chi connectivity index (χ3v) is 7.59. The van der Waals surface area contributed by atoms with Crippen LogP contribution in [0.3, 0.4) is 0 Å². The Labute approximate surface area is 203 Å². The minimum atomic E-state index is -4.17. The third kappa shape index (κ3) is 4.78. The van der Waals surface area contributed by atoms with E-state index in [-0.39, 0.29) is 11.3 Å². The Morgan fingerprint density at radius 1 is 1.09 bits per heavy atom. The molecule has 1 amide bonds. The van der Waals surface area contributed by atoms with Crippen LogP contribution in [0.1, 0.15) is 33.7 Å². The number of likely N-dealkylation sites (tertiary alicyclic amines) is 2. The Kier molecular flexibility index (Phi) is 6.07. The lowest BCUT2D eigenvalue weighted by Gasteiger charge is -2.51. The lowest BCUT2D eigenvalue weighted by atomic mass is 9.71. The monoisotopic (exact) mass is 485 g/mol. The zero-order valence-corrected chi connectivity index (χ0v) is 20.1. The van der Waals surface area contributed by atoms with E-state index in [4.69, 9.17) is 0 Å². The van der Waals surface area contributed by atoms with Gasteiger partial charge in [-0.15, -0.1) is 0 Å². The summed E-state index contributed by atoms with van der Waals surface area (Å²) in [5.41, 5.74) is 4.07. The number of aromatic nitrogens is 2. The fourth-order valence-electron chi connectivity index (χ4n) is 5.87. The molecule has 1 aromatic carbocycles. The van der Waals surface area contributed by atoms with Crippen molar-refractivity contribution >= 4 is 5.91 Å². The van der Waals surface area contributed by atoms with Gasteiger partial charge in [-0.05, 0) is 31.4 Å². The van der Waals surface area contributed by atoms with Gasteiger partial charge in [-0.2, -0.15) is 13.2 Å². The number of amides is 1. The number of nitrogens with zero attached hydrogens (tertiary/aromatic N) is 5. The van der Waals surface area contributed by atoms with Crippen LogP contribution in [-0.4, -0.2) is 82.6 Å². The zero-order valence-electron chi connectivity index (χ0n) is 20.1. The molecule has 0 aliphatic carbocycles. The topological polar surface area (TPSA) is 52.6 Å². The summed E-state index contributed by atoms with van der Waals surface area (Å²) in [6.07, 6.45) is 0.257. The number of hydrogen-bond acceptors (Lipinski definition) is 5. The van der Waals surface area contributed by atoms with Crippen molar-refractivity contribution in [2.75, 3.05) is 45.8 Å². The van der Waals surface area contributed by atoms with E-state index in [1.165, 1.54) is 16.8 Å². The predicted molar refractivity (Wildman–Crippen MR) is 126 cm³/mol. The standard InChI is InChI=1S/C26H30F3N5O/c1-18-23(19(2)31-17-30-18)24(35)34-12-20-10-32(11-21(20)13-34)9-8-25(22-6-4-3-5-7-22)14-33(15-25)16-26(27,28)29/h3-7,10,17,21H,8-9,11-16H2,1-2H3. The van der Waals surface area contributed by atoms with Gasteiger partial charge in [0, 0.05) is 56.8 Å². The number of alkyl halides is 3. The van der Waals surface area contributed by atoms with Crippen LogP contribution in [-0.2, 0) is 5.41 Å². The van der Waals surface area contributed by atoms with Gasteiger partial charge in [-0.1, -0.05) is 30.3 Å². The number of carbonyl (C=O) groups excluding carboxylic acids is 1. The van der Waals surface area contributed by atoms with E-state index in [0.717, 1.165) is 25.1 Å². The molecule has 6 nitrogen and oxygen atoms in total. The normalized spacial score (nSPS) is 21.6. The molecule has 0 N–H and O–H groups in total. The van der Waals surface area contributed by atoms with Crippen molar-refractivity contribution < 1.29 is 18.0 Å². The molecule has 3 aliphatic heterocycles. The molecule has 1 aromatic heterocycles. The summed E-state index contributed by atoms with van der Waals surface area (Å²) in [6.45, 7) is 6.53. The Morgan fingerprint density at radius 2 is 1.77 bits per heavy atom.